The molecule has 1 aromatic carbocycles. The first-order chi connectivity index (χ1) is 11.1. The third-order valence-electron chi connectivity index (χ3n) is 3.73. The smallest absolute Gasteiger partial charge is 0.330 e. The Bertz CT molecular complexity index is 927. The molecule has 8 heteroatoms. The van der Waals surface area contributed by atoms with Gasteiger partial charge in [-0.25, -0.2) is 9.78 Å². The summed E-state index contributed by atoms with van der Waals surface area (Å²) in [6, 6.07) is 9.63. The van der Waals surface area contributed by atoms with Crippen LogP contribution in [0.2, 0.25) is 0 Å². The molecule has 0 spiro atoms. The van der Waals surface area contributed by atoms with Gasteiger partial charge in [0, 0.05) is 13.1 Å². The molecule has 0 amide bonds. The van der Waals surface area contributed by atoms with Crippen molar-refractivity contribution in [1.82, 2.24) is 24.0 Å². The minimum absolute atomic E-state index is 0. The van der Waals surface area contributed by atoms with Gasteiger partial charge in [0.1, 0.15) is 0 Å². The van der Waals surface area contributed by atoms with Crippen molar-refractivity contribution in [1.29, 1.82) is 0 Å². The average molecular weight is 349 g/mol. The van der Waals surface area contributed by atoms with E-state index in [1.165, 1.54) is 4.57 Å². The number of H-pyrrole nitrogens is 1. The topological polar surface area (TPSA) is 75.9 Å². The molecule has 1 N–H and O–H groups in total. The maximum Gasteiger partial charge on any atom is 0.330 e. The molecule has 3 aromatic rings. The Morgan fingerprint density at radius 2 is 1.88 bits per heavy atom. The number of benzene rings is 1. The Balaban J connectivity index is 0.00000208. The first-order valence-corrected chi connectivity index (χ1v) is 7.43. The Morgan fingerprint density at radius 3 is 2.54 bits per heavy atom. The van der Waals surface area contributed by atoms with Crippen molar-refractivity contribution in [3.63, 3.8) is 0 Å². The van der Waals surface area contributed by atoms with Gasteiger partial charge in [0.05, 0.1) is 12.9 Å². The van der Waals surface area contributed by atoms with E-state index in [0.717, 1.165) is 12.1 Å². The van der Waals surface area contributed by atoms with Crippen molar-refractivity contribution in [2.24, 2.45) is 0 Å². The van der Waals surface area contributed by atoms with Crippen molar-refractivity contribution in [2.45, 2.75) is 13.1 Å². The zero-order valence-corrected chi connectivity index (χ0v) is 14.3. The van der Waals surface area contributed by atoms with Gasteiger partial charge in [0.2, 0.25) is 0 Å². The summed E-state index contributed by atoms with van der Waals surface area (Å²) >= 11 is 0. The van der Waals surface area contributed by atoms with E-state index in [1.54, 1.807) is 10.9 Å². The van der Waals surface area contributed by atoms with E-state index in [2.05, 4.69) is 9.97 Å². The Morgan fingerprint density at radius 1 is 1.17 bits per heavy atom. The van der Waals surface area contributed by atoms with Crippen molar-refractivity contribution >= 4 is 11.2 Å². The second kappa shape index (κ2) is 7.46. The van der Waals surface area contributed by atoms with Crippen LogP contribution in [-0.2, 0) is 13.1 Å². The largest absolute Gasteiger partial charge is 1.00 e. The molecule has 0 radical (unpaired) electrons. The minimum Gasteiger partial charge on any atom is -1.00 e. The van der Waals surface area contributed by atoms with Crippen LogP contribution in [0.5, 0.6) is 0 Å². The molecule has 0 unspecified atom stereocenters. The SMILES string of the molecule is CN(C)CCn1cnc2c1c(=O)[nH]c(=O)n2Cc1ccccc1.[Cl-]. The van der Waals surface area contributed by atoms with Gasteiger partial charge in [-0.1, -0.05) is 30.3 Å². The lowest BCUT2D eigenvalue weighted by atomic mass is 10.2. The lowest BCUT2D eigenvalue weighted by Crippen LogP contribution is -3.00. The van der Waals surface area contributed by atoms with Gasteiger partial charge >= 0.3 is 5.69 Å². The predicted octanol–water partition coefficient (Wildman–Crippen LogP) is -2.50. The summed E-state index contributed by atoms with van der Waals surface area (Å²) in [5, 5.41) is 0. The summed E-state index contributed by atoms with van der Waals surface area (Å²) < 4.78 is 3.29. The highest BCUT2D eigenvalue weighted by molar-refractivity contribution is 5.70. The van der Waals surface area contributed by atoms with Crippen molar-refractivity contribution < 1.29 is 12.4 Å². The molecule has 0 bridgehead atoms. The standard InChI is InChI=1S/C16H19N5O2.ClH/c1-19(2)8-9-20-11-17-14-13(20)15(22)18-16(23)21(14)10-12-6-4-3-5-7-12;/h3-7,11H,8-10H2,1-2H3,(H,18,22,23);1H/p-1. The molecule has 0 aliphatic carbocycles. The highest BCUT2D eigenvalue weighted by Gasteiger charge is 2.13. The number of fused-ring (bicyclic) bond motifs is 1. The van der Waals surface area contributed by atoms with E-state index in [0.29, 0.717) is 24.3 Å². The van der Waals surface area contributed by atoms with Crippen LogP contribution in [0.25, 0.3) is 11.2 Å². The third kappa shape index (κ3) is 3.58. The summed E-state index contributed by atoms with van der Waals surface area (Å²) in [4.78, 5) is 33.1. The van der Waals surface area contributed by atoms with Crippen LogP contribution in [0.15, 0.2) is 46.2 Å². The van der Waals surface area contributed by atoms with E-state index in [-0.39, 0.29) is 12.4 Å². The van der Waals surface area contributed by atoms with Crippen LogP contribution in [0.1, 0.15) is 5.56 Å². The predicted molar refractivity (Wildman–Crippen MR) is 88.7 cm³/mol. The minimum atomic E-state index is -0.441. The van der Waals surface area contributed by atoms with Gasteiger partial charge in [0.25, 0.3) is 5.56 Å². The van der Waals surface area contributed by atoms with Crippen molar-refractivity contribution in [2.75, 3.05) is 20.6 Å². The number of likely N-dealkylation sites (N-methyl/N-ethyl adjacent to an activating group) is 1. The fourth-order valence-corrected chi connectivity index (χ4v) is 2.51. The molecule has 0 saturated heterocycles. The van der Waals surface area contributed by atoms with E-state index < -0.39 is 11.2 Å². The fraction of sp³-hybridized carbons (Fsp3) is 0.312. The van der Waals surface area contributed by atoms with Gasteiger partial charge in [-0.15, -0.1) is 0 Å². The number of aromatic nitrogens is 4. The van der Waals surface area contributed by atoms with Gasteiger partial charge < -0.3 is 21.9 Å². The van der Waals surface area contributed by atoms with E-state index in [9.17, 15) is 9.59 Å². The van der Waals surface area contributed by atoms with Gasteiger partial charge in [-0.2, -0.15) is 0 Å². The lowest BCUT2D eigenvalue weighted by Gasteiger charge is -2.10. The van der Waals surface area contributed by atoms with E-state index in [4.69, 9.17) is 0 Å². The average Bonchev–Trinajstić information content (AvgIpc) is 2.95. The van der Waals surface area contributed by atoms with Crippen molar-refractivity contribution in [3.05, 3.63) is 63.1 Å². The van der Waals surface area contributed by atoms with E-state index in [1.807, 2.05) is 49.3 Å². The summed E-state index contributed by atoms with van der Waals surface area (Å²) in [6.07, 6.45) is 1.62. The molecule has 0 atom stereocenters. The Labute approximate surface area is 145 Å². The van der Waals surface area contributed by atoms with Crippen LogP contribution in [-0.4, -0.2) is 44.6 Å². The zero-order chi connectivity index (χ0) is 16.4. The molecule has 0 fully saturated rings. The summed E-state index contributed by atoms with van der Waals surface area (Å²) in [5.41, 5.74) is 0.990. The number of rotatable bonds is 5. The fourth-order valence-electron chi connectivity index (χ4n) is 2.51. The number of nitrogens with one attached hydrogen (secondary N) is 1. The number of imidazole rings is 1. The third-order valence-corrected chi connectivity index (χ3v) is 3.73. The van der Waals surface area contributed by atoms with Crippen LogP contribution in [0, 0.1) is 0 Å². The first kappa shape index (κ1) is 18.0. The molecule has 3 rings (SSSR count). The van der Waals surface area contributed by atoms with Crippen LogP contribution >= 0.6 is 0 Å². The molecule has 0 saturated carbocycles. The quantitative estimate of drug-likeness (QED) is 0.553. The van der Waals surface area contributed by atoms with E-state index >= 15 is 0 Å². The molecule has 7 nitrogen and oxygen atoms in total. The number of hydrogen-bond donors (Lipinski definition) is 1. The zero-order valence-electron chi connectivity index (χ0n) is 13.6. The second-order valence-electron chi connectivity index (χ2n) is 5.74. The number of hydrogen-bond acceptors (Lipinski definition) is 4. The monoisotopic (exact) mass is 348 g/mol. The molecule has 128 valence electrons. The summed E-state index contributed by atoms with van der Waals surface area (Å²) in [5.74, 6) is 0. The van der Waals surface area contributed by atoms with Crippen LogP contribution in [0.3, 0.4) is 0 Å². The van der Waals surface area contributed by atoms with Gasteiger partial charge in [0.15, 0.2) is 11.2 Å². The molecule has 2 heterocycles. The molecule has 24 heavy (non-hydrogen) atoms. The van der Waals surface area contributed by atoms with Gasteiger partial charge in [-0.05, 0) is 19.7 Å². The Hall–Kier alpha value is -2.38. The number of halogens is 1. The van der Waals surface area contributed by atoms with Crippen molar-refractivity contribution in [3.8, 4) is 0 Å². The summed E-state index contributed by atoms with van der Waals surface area (Å²) in [6.45, 7) is 1.79. The maximum absolute atomic E-state index is 12.2. The number of aromatic amines is 1. The molecule has 0 aliphatic heterocycles. The normalized spacial score (nSPS) is 11.0. The highest BCUT2D eigenvalue weighted by Crippen LogP contribution is 2.08. The first-order valence-electron chi connectivity index (χ1n) is 7.43. The molecular weight excluding hydrogens is 330 g/mol. The summed E-state index contributed by atoms with van der Waals surface area (Å²) in [7, 11) is 3.93. The van der Waals surface area contributed by atoms with Crippen LogP contribution < -0.4 is 23.7 Å². The second-order valence-corrected chi connectivity index (χ2v) is 5.74. The van der Waals surface area contributed by atoms with Gasteiger partial charge in [-0.3, -0.25) is 14.3 Å². The Kier molecular flexibility index (Phi) is 5.58. The maximum atomic E-state index is 12.2. The molecular formula is C16H19ClN5O2-. The molecule has 0 aliphatic rings. The highest BCUT2D eigenvalue weighted by atomic mass is 35.5. The number of nitrogens with zero attached hydrogens (tertiary/aromatic N) is 4. The van der Waals surface area contributed by atoms with Crippen LogP contribution in [0.4, 0.5) is 0 Å². The molecule has 2 aromatic heterocycles. The lowest BCUT2D eigenvalue weighted by molar-refractivity contribution is -0.00000503.